The molecule has 2 bridgehead atoms. The Balaban J connectivity index is 1.28. The van der Waals surface area contributed by atoms with Crippen LogP contribution in [0.15, 0.2) is 66.4 Å². The van der Waals surface area contributed by atoms with Gasteiger partial charge in [0.25, 0.3) is 5.91 Å². The number of benzene rings is 2. The summed E-state index contributed by atoms with van der Waals surface area (Å²) in [4.78, 5) is 20.3. The zero-order valence-corrected chi connectivity index (χ0v) is 29.1. The van der Waals surface area contributed by atoms with Crippen molar-refractivity contribution in [3.8, 4) is 5.75 Å². The molecule has 1 aromatic heterocycles. The molecule has 2 aliphatic carbocycles. The summed E-state index contributed by atoms with van der Waals surface area (Å²) in [6, 6.07) is 15.0. The van der Waals surface area contributed by atoms with E-state index in [-0.39, 0.29) is 34.0 Å². The lowest BCUT2D eigenvalue weighted by Gasteiger charge is -2.46. The first-order chi connectivity index (χ1) is 23.2. The predicted octanol–water partition coefficient (Wildman–Crippen LogP) is 7.48. The summed E-state index contributed by atoms with van der Waals surface area (Å²) in [5.74, 6) is 0.597. The van der Waals surface area contributed by atoms with Gasteiger partial charge in [-0.1, -0.05) is 29.8 Å². The molecular weight excluding hydrogens is 649 g/mol. The molecule has 2 aliphatic heterocycles. The Bertz CT molecular complexity index is 1740. The summed E-state index contributed by atoms with van der Waals surface area (Å²) in [6.07, 6.45) is 9.74. The third-order valence-electron chi connectivity index (χ3n) is 10.9. The second-order valence-electron chi connectivity index (χ2n) is 14.0. The van der Waals surface area contributed by atoms with Gasteiger partial charge in [0.1, 0.15) is 22.6 Å². The fourth-order valence-electron chi connectivity index (χ4n) is 8.06. The van der Waals surface area contributed by atoms with E-state index in [0.29, 0.717) is 55.4 Å². The molecule has 2 aromatic carbocycles. The Kier molecular flexibility index (Phi) is 9.64. The number of rotatable bonds is 3. The van der Waals surface area contributed by atoms with Gasteiger partial charge < -0.3 is 14.4 Å². The van der Waals surface area contributed by atoms with Gasteiger partial charge >= 0.3 is 0 Å². The second kappa shape index (κ2) is 13.9. The molecule has 6 atom stereocenters. The van der Waals surface area contributed by atoms with Crippen molar-refractivity contribution in [2.24, 2.45) is 11.8 Å². The molecule has 7 nitrogen and oxygen atoms in total. The van der Waals surface area contributed by atoms with Gasteiger partial charge in [0.15, 0.2) is 0 Å². The summed E-state index contributed by atoms with van der Waals surface area (Å²) < 4.78 is 44.6. The highest BCUT2D eigenvalue weighted by molar-refractivity contribution is 7.84. The van der Waals surface area contributed by atoms with Crippen LogP contribution in [0.4, 0.5) is 10.1 Å². The fraction of sp³-hybridized carbons (Fsp3) is 0.474. The fourth-order valence-corrected chi connectivity index (χ4v) is 9.09. The standard InChI is InChI=1S/C38H43ClFN3O4S/c1-24-7-5-8-25(2)48(45)42-37(44)26-12-16-34-33(19-26)43(20-27-11-13-29(27)36(24)46-21-28-9-3-4-18-41-28)22-38(23-47-34)17-6-10-30-31(38)14-15-32(39)35(30)40/h3-4,7,9,12,14-16,18-19,25,27,29,36H,5-6,8,10-11,13,17,20-23H2,1-2H3,(H,42,44)/b24-7+/t25?,27-,29?,36?,38?,48?/m0/s1. The summed E-state index contributed by atoms with van der Waals surface area (Å²) >= 11 is 6.26. The molecule has 1 N–H and O–H groups in total. The van der Waals surface area contributed by atoms with E-state index in [1.54, 1.807) is 18.3 Å². The molecule has 3 aromatic rings. The van der Waals surface area contributed by atoms with Crippen molar-refractivity contribution in [2.45, 2.75) is 82.2 Å². The average molecular weight is 692 g/mol. The smallest absolute Gasteiger partial charge is 0.263 e. The third kappa shape index (κ3) is 6.53. The Morgan fingerprint density at radius 2 is 2.06 bits per heavy atom. The number of carbonyl (C=O) groups is 1. The third-order valence-corrected chi connectivity index (χ3v) is 12.6. The number of aromatic nitrogens is 1. The van der Waals surface area contributed by atoms with E-state index in [1.165, 1.54) is 5.57 Å². The molecule has 4 aliphatic rings. The number of halogens is 2. The predicted molar refractivity (Wildman–Crippen MR) is 187 cm³/mol. The first kappa shape index (κ1) is 33.2. The van der Waals surface area contributed by atoms with Crippen molar-refractivity contribution in [3.05, 3.63) is 99.6 Å². The van der Waals surface area contributed by atoms with E-state index in [0.717, 1.165) is 55.6 Å². The van der Waals surface area contributed by atoms with Crippen LogP contribution in [-0.4, -0.2) is 46.2 Å². The lowest BCUT2D eigenvalue weighted by Crippen LogP contribution is -2.50. The van der Waals surface area contributed by atoms with Gasteiger partial charge in [0.2, 0.25) is 0 Å². The van der Waals surface area contributed by atoms with Crippen LogP contribution >= 0.6 is 11.6 Å². The van der Waals surface area contributed by atoms with E-state index in [9.17, 15) is 9.00 Å². The molecule has 10 heteroatoms. The van der Waals surface area contributed by atoms with Gasteiger partial charge in [0.05, 0.1) is 41.0 Å². The zero-order chi connectivity index (χ0) is 33.4. The SMILES string of the molecule is C/C1=C\CCC(C)S(=O)NC(=O)c2ccc3c(c2)N(C[C@@H]2CCC2C1OCc1ccccn1)CC1(CCCc2c1ccc(Cl)c2F)CO3. The molecule has 48 heavy (non-hydrogen) atoms. The van der Waals surface area contributed by atoms with Crippen molar-refractivity contribution in [1.29, 1.82) is 0 Å². The largest absolute Gasteiger partial charge is 0.490 e. The quantitative estimate of drug-likeness (QED) is 0.287. The Morgan fingerprint density at radius 1 is 1.19 bits per heavy atom. The highest BCUT2D eigenvalue weighted by Gasteiger charge is 2.45. The number of fused-ring (bicyclic) bond motifs is 4. The van der Waals surface area contributed by atoms with Crippen LogP contribution in [0.2, 0.25) is 5.02 Å². The topological polar surface area (TPSA) is 80.8 Å². The first-order valence-corrected chi connectivity index (χ1v) is 18.7. The summed E-state index contributed by atoms with van der Waals surface area (Å²) in [5, 5.41) is -0.0792. The maximum atomic E-state index is 15.4. The van der Waals surface area contributed by atoms with E-state index < -0.39 is 16.4 Å². The van der Waals surface area contributed by atoms with Gasteiger partial charge in [0, 0.05) is 30.3 Å². The number of amides is 1. The minimum atomic E-state index is -1.55. The zero-order valence-electron chi connectivity index (χ0n) is 27.6. The molecule has 3 heterocycles. The average Bonchev–Trinajstić information content (AvgIpc) is 3.23. The lowest BCUT2D eigenvalue weighted by molar-refractivity contribution is -0.0302. The van der Waals surface area contributed by atoms with Crippen LogP contribution in [0.25, 0.3) is 0 Å². The molecular formula is C38H43ClFN3O4S. The van der Waals surface area contributed by atoms with Gasteiger partial charge in [-0.3, -0.25) is 14.5 Å². The Hall–Kier alpha value is -3.27. The number of allylic oxidation sites excluding steroid dienone is 1. The summed E-state index contributed by atoms with van der Waals surface area (Å²) in [7, 11) is -1.55. The van der Waals surface area contributed by atoms with Crippen LogP contribution in [0.1, 0.15) is 79.6 Å². The maximum Gasteiger partial charge on any atom is 0.263 e. The van der Waals surface area contributed by atoms with Crippen molar-refractivity contribution in [2.75, 3.05) is 24.6 Å². The maximum absolute atomic E-state index is 15.4. The molecule has 0 saturated heterocycles. The van der Waals surface area contributed by atoms with Crippen LogP contribution < -0.4 is 14.4 Å². The van der Waals surface area contributed by atoms with E-state index in [4.69, 9.17) is 21.1 Å². The summed E-state index contributed by atoms with van der Waals surface area (Å²) in [5.41, 5.74) is 4.51. The number of nitrogens with one attached hydrogen (secondary N) is 1. The number of hydrogen-bond acceptors (Lipinski definition) is 6. The number of nitrogens with zero attached hydrogens (tertiary/aromatic N) is 2. The number of pyridine rings is 1. The molecule has 1 amide bonds. The van der Waals surface area contributed by atoms with Crippen LogP contribution in [0.3, 0.4) is 0 Å². The normalized spacial score (nSPS) is 30.1. The monoisotopic (exact) mass is 691 g/mol. The van der Waals surface area contributed by atoms with Crippen LogP contribution in [-0.2, 0) is 34.2 Å². The highest BCUT2D eigenvalue weighted by Crippen LogP contribution is 2.48. The molecule has 1 fully saturated rings. The van der Waals surface area contributed by atoms with Crippen molar-refractivity contribution in [3.63, 3.8) is 0 Å². The molecule has 1 spiro atoms. The lowest BCUT2D eigenvalue weighted by atomic mass is 9.67. The number of carbonyl (C=O) groups excluding carboxylic acids is 1. The van der Waals surface area contributed by atoms with Crippen LogP contribution in [0, 0.1) is 17.7 Å². The molecule has 254 valence electrons. The highest BCUT2D eigenvalue weighted by atomic mass is 35.5. The van der Waals surface area contributed by atoms with Gasteiger partial charge in [-0.15, -0.1) is 0 Å². The van der Waals surface area contributed by atoms with E-state index in [2.05, 4.69) is 27.6 Å². The Morgan fingerprint density at radius 3 is 2.85 bits per heavy atom. The summed E-state index contributed by atoms with van der Waals surface area (Å²) in [6.45, 7) is 6.20. The number of ether oxygens (including phenoxy) is 2. The molecule has 1 saturated carbocycles. The van der Waals surface area contributed by atoms with E-state index in [1.807, 2.05) is 43.3 Å². The number of anilines is 1. The van der Waals surface area contributed by atoms with Crippen LogP contribution in [0.5, 0.6) is 5.75 Å². The second-order valence-corrected chi connectivity index (χ2v) is 16.0. The van der Waals surface area contributed by atoms with Crippen molar-refractivity contribution < 1.29 is 22.9 Å². The Labute approximate surface area is 289 Å². The first-order valence-electron chi connectivity index (χ1n) is 17.1. The minimum absolute atomic E-state index is 0.0891. The van der Waals surface area contributed by atoms with Gasteiger partial charge in [-0.25, -0.2) is 8.60 Å². The van der Waals surface area contributed by atoms with Crippen molar-refractivity contribution >= 4 is 34.2 Å². The molecule has 0 radical (unpaired) electrons. The molecule has 5 unspecified atom stereocenters. The number of hydrogen-bond donors (Lipinski definition) is 1. The van der Waals surface area contributed by atoms with E-state index >= 15 is 4.39 Å². The van der Waals surface area contributed by atoms with Gasteiger partial charge in [-0.2, -0.15) is 0 Å². The molecule has 7 rings (SSSR count). The van der Waals surface area contributed by atoms with Gasteiger partial charge in [-0.05, 0) is 124 Å². The van der Waals surface area contributed by atoms with Crippen molar-refractivity contribution in [1.82, 2.24) is 9.71 Å². The minimum Gasteiger partial charge on any atom is -0.490 e.